The van der Waals surface area contributed by atoms with Gasteiger partial charge in [0.05, 0.1) is 18.1 Å². The first-order valence-corrected chi connectivity index (χ1v) is 13.8. The van der Waals surface area contributed by atoms with Gasteiger partial charge in [0.25, 0.3) is 0 Å². The monoisotopic (exact) mass is 487 g/mol. The number of rotatable bonds is 7. The van der Waals surface area contributed by atoms with E-state index in [4.69, 9.17) is 9.97 Å². The molecule has 2 saturated carbocycles. The number of para-hydroxylation sites is 1. The summed E-state index contributed by atoms with van der Waals surface area (Å²) in [4.78, 5) is 14.0. The zero-order chi connectivity index (χ0) is 23.7. The topological polar surface area (TPSA) is 114 Å². The molecule has 2 aromatic heterocycles. The van der Waals surface area contributed by atoms with Crippen molar-refractivity contribution < 1.29 is 12.8 Å². The Bertz CT molecular complexity index is 1270. The van der Waals surface area contributed by atoms with Crippen LogP contribution in [0.4, 0.5) is 22.0 Å². The predicted octanol–water partition coefficient (Wildman–Crippen LogP) is 4.10. The van der Waals surface area contributed by atoms with Gasteiger partial charge in [-0.3, -0.25) is 4.57 Å². The summed E-state index contributed by atoms with van der Waals surface area (Å²) in [6.07, 6.45) is 10.4. The summed E-state index contributed by atoms with van der Waals surface area (Å²) >= 11 is 0. The molecule has 34 heavy (non-hydrogen) atoms. The van der Waals surface area contributed by atoms with Crippen molar-refractivity contribution in [1.82, 2.24) is 24.2 Å². The second-order valence-electron chi connectivity index (χ2n) is 9.33. The number of nitrogens with one attached hydrogen (secondary N) is 3. The second kappa shape index (κ2) is 9.46. The van der Waals surface area contributed by atoms with Crippen LogP contribution in [0.15, 0.2) is 30.5 Å². The zero-order valence-electron chi connectivity index (χ0n) is 19.2. The molecule has 0 unspecified atom stereocenters. The van der Waals surface area contributed by atoms with Crippen LogP contribution in [0.25, 0.3) is 11.2 Å². The molecule has 2 aliphatic rings. The zero-order valence-corrected chi connectivity index (χ0v) is 20.0. The van der Waals surface area contributed by atoms with Crippen molar-refractivity contribution in [1.29, 1.82) is 0 Å². The van der Waals surface area contributed by atoms with E-state index in [0.29, 0.717) is 23.1 Å². The predicted molar refractivity (Wildman–Crippen MR) is 130 cm³/mol. The highest BCUT2D eigenvalue weighted by atomic mass is 32.2. The average Bonchev–Trinajstić information content (AvgIpc) is 3.43. The maximum atomic E-state index is 14.3. The van der Waals surface area contributed by atoms with Crippen LogP contribution in [-0.2, 0) is 10.0 Å². The number of halogens is 1. The van der Waals surface area contributed by atoms with Gasteiger partial charge in [0.15, 0.2) is 5.65 Å². The maximum absolute atomic E-state index is 14.3. The van der Waals surface area contributed by atoms with Crippen molar-refractivity contribution in [2.45, 2.75) is 69.5 Å². The molecule has 0 aliphatic heterocycles. The smallest absolute Gasteiger partial charge is 0.224 e. The van der Waals surface area contributed by atoms with Crippen molar-refractivity contribution >= 4 is 38.8 Å². The van der Waals surface area contributed by atoms with Gasteiger partial charge < -0.3 is 10.6 Å². The Morgan fingerprint density at radius 1 is 1.00 bits per heavy atom. The molecule has 0 atom stereocenters. The third-order valence-corrected chi connectivity index (χ3v) is 7.45. The van der Waals surface area contributed by atoms with E-state index in [-0.39, 0.29) is 23.9 Å². The molecule has 182 valence electrons. The highest BCUT2D eigenvalue weighted by molar-refractivity contribution is 7.88. The fourth-order valence-corrected chi connectivity index (χ4v) is 5.92. The SMILES string of the molecule is CS(=O)(=O)NC1CCC(Nc2ncc3nc(Nc4ccccc4F)n(C4CCCC4)c3n2)CC1. The first-order chi connectivity index (χ1) is 16.4. The molecule has 0 spiro atoms. The highest BCUT2D eigenvalue weighted by Gasteiger charge is 2.26. The van der Waals surface area contributed by atoms with Crippen LogP contribution in [0, 0.1) is 5.82 Å². The molecule has 3 N–H and O–H groups in total. The van der Waals surface area contributed by atoms with E-state index in [1.165, 1.54) is 12.3 Å². The number of hydrogen-bond donors (Lipinski definition) is 3. The number of hydrogen-bond acceptors (Lipinski definition) is 7. The van der Waals surface area contributed by atoms with Crippen molar-refractivity contribution in [2.75, 3.05) is 16.9 Å². The Balaban J connectivity index is 1.38. The minimum Gasteiger partial charge on any atom is -0.351 e. The lowest BCUT2D eigenvalue weighted by atomic mass is 9.92. The third-order valence-electron chi connectivity index (χ3n) is 6.68. The first kappa shape index (κ1) is 23.0. The van der Waals surface area contributed by atoms with Gasteiger partial charge in [0.1, 0.15) is 11.3 Å². The maximum Gasteiger partial charge on any atom is 0.224 e. The van der Waals surface area contributed by atoms with Crippen LogP contribution in [-0.4, -0.2) is 46.3 Å². The summed E-state index contributed by atoms with van der Waals surface area (Å²) in [5.74, 6) is 0.774. The fourth-order valence-electron chi connectivity index (χ4n) is 5.08. The quantitative estimate of drug-likeness (QED) is 0.460. The molecule has 9 nitrogen and oxygen atoms in total. The minimum absolute atomic E-state index is 0.0211. The molecule has 0 bridgehead atoms. The van der Waals surface area contributed by atoms with E-state index in [0.717, 1.165) is 57.0 Å². The summed E-state index contributed by atoms with van der Waals surface area (Å²) in [5.41, 5.74) is 1.77. The molecule has 2 heterocycles. The van der Waals surface area contributed by atoms with Gasteiger partial charge in [0.2, 0.25) is 21.9 Å². The van der Waals surface area contributed by atoms with Crippen molar-refractivity contribution in [3.8, 4) is 0 Å². The average molecular weight is 488 g/mol. The lowest BCUT2D eigenvalue weighted by molar-refractivity contribution is 0.387. The Labute approximate surface area is 198 Å². The Morgan fingerprint density at radius 2 is 1.71 bits per heavy atom. The third kappa shape index (κ3) is 5.15. The van der Waals surface area contributed by atoms with Crippen LogP contribution < -0.4 is 15.4 Å². The molecule has 0 amide bonds. The molecule has 3 aromatic rings. The lowest BCUT2D eigenvalue weighted by Crippen LogP contribution is -2.39. The van der Waals surface area contributed by atoms with E-state index in [1.54, 1.807) is 24.4 Å². The number of sulfonamides is 1. The van der Waals surface area contributed by atoms with Gasteiger partial charge in [-0.15, -0.1) is 0 Å². The molecule has 0 saturated heterocycles. The number of fused-ring (bicyclic) bond motifs is 1. The first-order valence-electron chi connectivity index (χ1n) is 11.9. The molecule has 2 aliphatic carbocycles. The summed E-state index contributed by atoms with van der Waals surface area (Å²) in [6.45, 7) is 0. The van der Waals surface area contributed by atoms with Gasteiger partial charge in [0, 0.05) is 18.1 Å². The Hall–Kier alpha value is -2.79. The van der Waals surface area contributed by atoms with Gasteiger partial charge >= 0.3 is 0 Å². The largest absolute Gasteiger partial charge is 0.351 e. The van der Waals surface area contributed by atoms with Crippen LogP contribution in [0.3, 0.4) is 0 Å². The Morgan fingerprint density at radius 3 is 2.41 bits per heavy atom. The fraction of sp³-hybridized carbons (Fsp3) is 0.522. The number of imidazole rings is 1. The van der Waals surface area contributed by atoms with E-state index in [1.807, 2.05) is 0 Å². The number of anilines is 3. The van der Waals surface area contributed by atoms with E-state index in [2.05, 4.69) is 24.9 Å². The molecule has 5 rings (SSSR count). The van der Waals surface area contributed by atoms with Crippen LogP contribution >= 0.6 is 0 Å². The van der Waals surface area contributed by atoms with Gasteiger partial charge in [-0.25, -0.2) is 27.5 Å². The molecule has 1 aromatic carbocycles. The van der Waals surface area contributed by atoms with Crippen molar-refractivity contribution in [2.24, 2.45) is 0 Å². The summed E-state index contributed by atoms with van der Waals surface area (Å²) in [5, 5.41) is 6.59. The van der Waals surface area contributed by atoms with Gasteiger partial charge in [-0.1, -0.05) is 25.0 Å². The van der Waals surface area contributed by atoms with Gasteiger partial charge in [-0.05, 0) is 50.7 Å². The second-order valence-corrected chi connectivity index (χ2v) is 11.1. The van der Waals surface area contributed by atoms with Gasteiger partial charge in [-0.2, -0.15) is 4.98 Å². The normalized spacial score (nSPS) is 21.7. The van der Waals surface area contributed by atoms with E-state index < -0.39 is 10.0 Å². The Kier molecular flexibility index (Phi) is 6.39. The minimum atomic E-state index is -3.19. The molecule has 2 fully saturated rings. The molecule has 0 radical (unpaired) electrons. The van der Waals surface area contributed by atoms with E-state index in [9.17, 15) is 12.8 Å². The molecular weight excluding hydrogens is 457 g/mol. The summed E-state index contributed by atoms with van der Waals surface area (Å²) in [6, 6.07) is 6.97. The molecular formula is C23H30FN7O2S. The highest BCUT2D eigenvalue weighted by Crippen LogP contribution is 2.36. The standard InChI is InChI=1S/C23H30FN7O2S/c1-34(32,33)30-16-12-10-15(11-13-16)26-22-25-14-20-21(29-22)31(17-6-2-3-7-17)23(28-20)27-19-9-5-4-8-18(19)24/h4-5,8-9,14-17,30H,2-3,6-7,10-13H2,1H3,(H,27,28)(H,25,26,29). The summed E-state index contributed by atoms with van der Waals surface area (Å²) in [7, 11) is -3.19. The molecule has 11 heteroatoms. The van der Waals surface area contributed by atoms with Crippen LogP contribution in [0.5, 0.6) is 0 Å². The number of nitrogens with zero attached hydrogens (tertiary/aromatic N) is 4. The van der Waals surface area contributed by atoms with Crippen molar-refractivity contribution in [3.05, 3.63) is 36.3 Å². The number of benzene rings is 1. The lowest BCUT2D eigenvalue weighted by Gasteiger charge is -2.29. The summed E-state index contributed by atoms with van der Waals surface area (Å²) < 4.78 is 42.1. The van der Waals surface area contributed by atoms with Crippen molar-refractivity contribution in [3.63, 3.8) is 0 Å². The number of aromatic nitrogens is 4. The van der Waals surface area contributed by atoms with Crippen LogP contribution in [0.1, 0.15) is 57.4 Å². The van der Waals surface area contributed by atoms with Crippen LogP contribution in [0.2, 0.25) is 0 Å². The van der Waals surface area contributed by atoms with E-state index >= 15 is 0 Å².